The van der Waals surface area contributed by atoms with Crippen LogP contribution in [0.4, 0.5) is 10.1 Å². The van der Waals surface area contributed by atoms with Crippen molar-refractivity contribution in [2.45, 2.75) is 18.6 Å². The number of hydrogen-bond acceptors (Lipinski definition) is 3. The van der Waals surface area contributed by atoms with Crippen molar-refractivity contribution >= 4 is 21.7 Å². The number of sulfonamides is 1. The SMILES string of the molecule is CC(C(=O)O)S(=O)(=O)N1CCc2ccc(F)cc21. The predicted molar refractivity (Wildman–Crippen MR) is 63.5 cm³/mol. The second kappa shape index (κ2) is 4.24. The maximum atomic E-state index is 13.1. The standard InChI is InChI=1S/C11H12FNO4S/c1-7(11(14)15)18(16,17)13-5-4-8-2-3-9(12)6-10(8)13/h2-3,6-7H,4-5H2,1H3,(H,14,15). The highest BCUT2D eigenvalue weighted by molar-refractivity contribution is 7.94. The molecular formula is C11H12FNO4S. The summed E-state index contributed by atoms with van der Waals surface area (Å²) in [7, 11) is -4.00. The van der Waals surface area contributed by atoms with E-state index in [4.69, 9.17) is 5.11 Å². The smallest absolute Gasteiger partial charge is 0.323 e. The van der Waals surface area contributed by atoms with Gasteiger partial charge < -0.3 is 5.11 Å². The Morgan fingerprint density at radius 1 is 1.50 bits per heavy atom. The van der Waals surface area contributed by atoms with Gasteiger partial charge in [-0.1, -0.05) is 6.07 Å². The van der Waals surface area contributed by atoms with Gasteiger partial charge in [0, 0.05) is 6.54 Å². The van der Waals surface area contributed by atoms with E-state index in [9.17, 15) is 17.6 Å². The van der Waals surface area contributed by atoms with E-state index in [0.29, 0.717) is 12.0 Å². The highest BCUT2D eigenvalue weighted by atomic mass is 32.2. The first-order valence-corrected chi connectivity index (χ1v) is 6.87. The summed E-state index contributed by atoms with van der Waals surface area (Å²) in [5.41, 5.74) is 0.945. The van der Waals surface area contributed by atoms with Crippen molar-refractivity contribution in [3.63, 3.8) is 0 Å². The minimum absolute atomic E-state index is 0.152. The molecule has 1 aliphatic heterocycles. The summed E-state index contributed by atoms with van der Waals surface area (Å²) in [5, 5.41) is 7.25. The highest BCUT2D eigenvalue weighted by Gasteiger charge is 2.37. The van der Waals surface area contributed by atoms with Crippen LogP contribution in [0.1, 0.15) is 12.5 Å². The molecule has 1 aliphatic rings. The maximum absolute atomic E-state index is 13.1. The molecule has 0 spiro atoms. The maximum Gasteiger partial charge on any atom is 0.323 e. The minimum Gasteiger partial charge on any atom is -0.480 e. The molecule has 5 nitrogen and oxygen atoms in total. The highest BCUT2D eigenvalue weighted by Crippen LogP contribution is 2.32. The van der Waals surface area contributed by atoms with E-state index in [2.05, 4.69) is 0 Å². The first-order chi connectivity index (χ1) is 8.34. The van der Waals surface area contributed by atoms with Gasteiger partial charge in [-0.05, 0) is 31.0 Å². The lowest BCUT2D eigenvalue weighted by Crippen LogP contribution is -2.40. The van der Waals surface area contributed by atoms with E-state index in [-0.39, 0.29) is 12.2 Å². The number of halogens is 1. The predicted octanol–water partition coefficient (Wildman–Crippen LogP) is 0.991. The zero-order chi connectivity index (χ0) is 13.5. The fourth-order valence-electron chi connectivity index (χ4n) is 1.91. The van der Waals surface area contributed by atoms with Crippen LogP contribution >= 0.6 is 0 Å². The number of nitrogens with zero attached hydrogens (tertiary/aromatic N) is 1. The normalized spacial score (nSPS) is 16.4. The Bertz CT molecular complexity index is 599. The van der Waals surface area contributed by atoms with Gasteiger partial charge in [0.25, 0.3) is 0 Å². The van der Waals surface area contributed by atoms with E-state index in [1.54, 1.807) is 0 Å². The number of carbonyl (C=O) groups is 1. The molecule has 0 aliphatic carbocycles. The number of aliphatic carboxylic acids is 1. The van der Waals surface area contributed by atoms with E-state index in [1.165, 1.54) is 12.1 Å². The summed E-state index contributed by atoms with van der Waals surface area (Å²) in [6.45, 7) is 1.26. The first kappa shape index (κ1) is 12.8. The number of hydrogen-bond donors (Lipinski definition) is 1. The average Bonchev–Trinajstić information content (AvgIpc) is 2.71. The summed E-state index contributed by atoms with van der Waals surface area (Å²) >= 11 is 0. The van der Waals surface area contributed by atoms with Gasteiger partial charge in [-0.3, -0.25) is 9.10 Å². The third-order valence-corrected chi connectivity index (χ3v) is 5.09. The first-order valence-electron chi connectivity index (χ1n) is 5.37. The quantitative estimate of drug-likeness (QED) is 0.891. The molecule has 0 amide bonds. The van der Waals surface area contributed by atoms with Crippen LogP contribution in [0.25, 0.3) is 0 Å². The largest absolute Gasteiger partial charge is 0.480 e. The fraction of sp³-hybridized carbons (Fsp3) is 0.364. The summed E-state index contributed by atoms with van der Waals surface area (Å²) in [6.07, 6.45) is 0.460. The number of carboxylic acids is 1. The van der Waals surface area contributed by atoms with Crippen LogP contribution in [-0.2, 0) is 21.2 Å². The van der Waals surface area contributed by atoms with E-state index in [0.717, 1.165) is 17.3 Å². The van der Waals surface area contributed by atoms with Crippen LogP contribution in [0.2, 0.25) is 0 Å². The molecule has 1 unspecified atom stereocenters. The number of fused-ring (bicyclic) bond motifs is 1. The molecule has 1 N–H and O–H groups in total. The van der Waals surface area contributed by atoms with Crippen LogP contribution in [0.5, 0.6) is 0 Å². The van der Waals surface area contributed by atoms with E-state index < -0.39 is 27.1 Å². The Hall–Kier alpha value is -1.63. The molecule has 2 rings (SSSR count). The van der Waals surface area contributed by atoms with Crippen LogP contribution in [-0.4, -0.2) is 31.3 Å². The molecule has 0 radical (unpaired) electrons. The Morgan fingerprint density at radius 2 is 2.17 bits per heavy atom. The summed E-state index contributed by atoms with van der Waals surface area (Å²) < 4.78 is 38.3. The van der Waals surface area contributed by atoms with Crippen LogP contribution in [0.15, 0.2) is 18.2 Å². The lowest BCUT2D eigenvalue weighted by molar-refractivity contribution is -0.136. The topological polar surface area (TPSA) is 74.7 Å². The Morgan fingerprint density at radius 3 is 2.78 bits per heavy atom. The van der Waals surface area contributed by atoms with E-state index >= 15 is 0 Å². The van der Waals surface area contributed by atoms with Crippen LogP contribution < -0.4 is 4.31 Å². The van der Waals surface area contributed by atoms with Crippen molar-refractivity contribution in [1.29, 1.82) is 0 Å². The molecule has 1 aromatic carbocycles. The van der Waals surface area contributed by atoms with Crippen LogP contribution in [0, 0.1) is 5.82 Å². The molecule has 0 saturated carbocycles. The number of rotatable bonds is 3. The van der Waals surface area contributed by atoms with Gasteiger partial charge in [0.2, 0.25) is 10.0 Å². The summed E-state index contributed by atoms with van der Waals surface area (Å²) in [4.78, 5) is 10.8. The van der Waals surface area contributed by atoms with Gasteiger partial charge in [0.1, 0.15) is 5.82 Å². The molecule has 7 heteroatoms. The lowest BCUT2D eigenvalue weighted by atomic mass is 10.2. The van der Waals surface area contributed by atoms with Crippen molar-refractivity contribution in [2.75, 3.05) is 10.8 Å². The molecule has 98 valence electrons. The van der Waals surface area contributed by atoms with Crippen molar-refractivity contribution < 1.29 is 22.7 Å². The van der Waals surface area contributed by atoms with E-state index in [1.807, 2.05) is 0 Å². The van der Waals surface area contributed by atoms with Crippen molar-refractivity contribution in [3.05, 3.63) is 29.6 Å². The van der Waals surface area contributed by atoms with Gasteiger partial charge >= 0.3 is 5.97 Å². The van der Waals surface area contributed by atoms with Crippen molar-refractivity contribution in [3.8, 4) is 0 Å². The van der Waals surface area contributed by atoms with Gasteiger partial charge in [-0.25, -0.2) is 12.8 Å². The second-order valence-electron chi connectivity index (χ2n) is 4.12. The molecule has 0 fully saturated rings. The molecule has 18 heavy (non-hydrogen) atoms. The Kier molecular flexibility index (Phi) is 3.02. The Balaban J connectivity index is 2.45. The van der Waals surface area contributed by atoms with Gasteiger partial charge in [-0.2, -0.15) is 0 Å². The summed E-state index contributed by atoms with van der Waals surface area (Å²) in [6, 6.07) is 3.90. The number of benzene rings is 1. The fourth-order valence-corrected chi connectivity index (χ4v) is 3.33. The molecule has 1 heterocycles. The van der Waals surface area contributed by atoms with Crippen molar-refractivity contribution in [1.82, 2.24) is 0 Å². The molecule has 0 bridgehead atoms. The third-order valence-electron chi connectivity index (χ3n) is 3.00. The minimum atomic E-state index is -4.00. The van der Waals surface area contributed by atoms with Gasteiger partial charge in [0.15, 0.2) is 5.25 Å². The van der Waals surface area contributed by atoms with Crippen molar-refractivity contribution in [2.24, 2.45) is 0 Å². The lowest BCUT2D eigenvalue weighted by Gasteiger charge is -2.21. The molecule has 0 saturated heterocycles. The third kappa shape index (κ3) is 1.94. The summed E-state index contributed by atoms with van der Waals surface area (Å²) in [5.74, 6) is -1.96. The van der Waals surface area contributed by atoms with Gasteiger partial charge in [0.05, 0.1) is 5.69 Å². The van der Waals surface area contributed by atoms with Gasteiger partial charge in [-0.15, -0.1) is 0 Å². The average molecular weight is 273 g/mol. The zero-order valence-electron chi connectivity index (χ0n) is 9.63. The Labute approximate surface area is 104 Å². The van der Waals surface area contributed by atoms with Crippen LogP contribution in [0.3, 0.4) is 0 Å². The monoisotopic (exact) mass is 273 g/mol. The molecule has 1 atom stereocenters. The zero-order valence-corrected chi connectivity index (χ0v) is 10.4. The number of anilines is 1. The molecular weight excluding hydrogens is 261 g/mol. The number of carboxylic acid groups (broad SMARTS) is 1. The second-order valence-corrected chi connectivity index (χ2v) is 6.30. The molecule has 0 aromatic heterocycles. The molecule has 1 aromatic rings.